The summed E-state index contributed by atoms with van der Waals surface area (Å²) in [6.07, 6.45) is 0. The fraction of sp³-hybridized carbons (Fsp3) is 0.250. The van der Waals surface area contributed by atoms with Crippen LogP contribution in [0.4, 0.5) is 10.3 Å². The van der Waals surface area contributed by atoms with Crippen molar-refractivity contribution >= 4 is 11.9 Å². The minimum Gasteiger partial charge on any atom is -0.463 e. The molecule has 7 heteroatoms. The molecule has 2 aromatic rings. The molecule has 0 radical (unpaired) electrons. The number of aryl methyl sites for hydroxylation is 1. The summed E-state index contributed by atoms with van der Waals surface area (Å²) in [6.45, 7) is 3.93. The molecule has 19 heavy (non-hydrogen) atoms. The molecule has 0 bridgehead atoms. The molecule has 6 nitrogen and oxygen atoms in total. The zero-order valence-corrected chi connectivity index (χ0v) is 10.5. The number of carbonyl (C=O) groups excluding carboxylic acids is 1. The van der Waals surface area contributed by atoms with Crippen LogP contribution < -0.4 is 10.1 Å². The second-order valence-corrected chi connectivity index (χ2v) is 3.87. The first kappa shape index (κ1) is 13.0. The van der Waals surface area contributed by atoms with E-state index >= 15 is 0 Å². The Morgan fingerprint density at radius 3 is 2.95 bits per heavy atom. The first-order chi connectivity index (χ1) is 9.08. The van der Waals surface area contributed by atoms with Gasteiger partial charge in [0.1, 0.15) is 5.82 Å². The van der Waals surface area contributed by atoms with Gasteiger partial charge in [-0.2, -0.15) is 4.98 Å². The Hall–Kier alpha value is -2.44. The van der Waals surface area contributed by atoms with Crippen LogP contribution in [-0.2, 0) is 0 Å². The highest BCUT2D eigenvalue weighted by Crippen LogP contribution is 2.11. The highest BCUT2D eigenvalue weighted by Gasteiger charge is 2.11. The lowest BCUT2D eigenvalue weighted by Gasteiger charge is -2.03. The number of hydrogen-bond acceptors (Lipinski definition) is 4. The Bertz CT molecular complexity index is 577. The van der Waals surface area contributed by atoms with Crippen molar-refractivity contribution in [2.45, 2.75) is 13.8 Å². The van der Waals surface area contributed by atoms with E-state index in [1.165, 1.54) is 6.07 Å². The number of halogens is 1. The molecule has 0 aliphatic carbocycles. The minimum atomic E-state index is -0.471. The highest BCUT2D eigenvalue weighted by atomic mass is 19.1. The number of H-pyrrole nitrogens is 1. The van der Waals surface area contributed by atoms with E-state index in [4.69, 9.17) is 4.74 Å². The fourth-order valence-electron chi connectivity index (χ4n) is 1.54. The van der Waals surface area contributed by atoms with Crippen LogP contribution in [0.25, 0.3) is 0 Å². The topological polar surface area (TPSA) is 79.9 Å². The zero-order chi connectivity index (χ0) is 13.8. The molecular formula is C12H13FN4O2. The van der Waals surface area contributed by atoms with Gasteiger partial charge >= 0.3 is 6.01 Å². The van der Waals surface area contributed by atoms with Gasteiger partial charge in [-0.25, -0.2) is 9.49 Å². The number of rotatable bonds is 4. The molecule has 0 aliphatic rings. The largest absolute Gasteiger partial charge is 0.463 e. The van der Waals surface area contributed by atoms with Crippen molar-refractivity contribution in [3.8, 4) is 6.01 Å². The SMILES string of the molecule is CCOc1n[nH]c(NC(=O)c2cc(C)cc(F)c2)n1. The minimum absolute atomic E-state index is 0.147. The summed E-state index contributed by atoms with van der Waals surface area (Å²) in [5.41, 5.74) is 0.879. The van der Waals surface area contributed by atoms with Gasteiger partial charge in [-0.1, -0.05) is 0 Å². The van der Waals surface area contributed by atoms with E-state index in [9.17, 15) is 9.18 Å². The van der Waals surface area contributed by atoms with Gasteiger partial charge < -0.3 is 4.74 Å². The average molecular weight is 264 g/mol. The lowest BCUT2D eigenvalue weighted by atomic mass is 10.1. The summed E-state index contributed by atoms with van der Waals surface area (Å²) >= 11 is 0. The second kappa shape index (κ2) is 5.47. The van der Waals surface area contributed by atoms with Crippen LogP contribution in [0.1, 0.15) is 22.8 Å². The molecule has 0 unspecified atom stereocenters. The van der Waals surface area contributed by atoms with Gasteiger partial charge in [-0.15, -0.1) is 5.10 Å². The quantitative estimate of drug-likeness (QED) is 0.883. The van der Waals surface area contributed by atoms with Crippen LogP contribution in [0.15, 0.2) is 18.2 Å². The Balaban J connectivity index is 2.11. The van der Waals surface area contributed by atoms with Gasteiger partial charge in [0.15, 0.2) is 0 Å². The van der Waals surface area contributed by atoms with Gasteiger partial charge in [0.05, 0.1) is 6.61 Å². The molecule has 1 aromatic carbocycles. The van der Waals surface area contributed by atoms with Crippen LogP contribution in [-0.4, -0.2) is 27.7 Å². The molecule has 0 atom stereocenters. The molecule has 0 saturated heterocycles. The predicted octanol–water partition coefficient (Wildman–Crippen LogP) is 1.90. The number of nitrogens with zero attached hydrogens (tertiary/aromatic N) is 2. The number of amides is 1. The second-order valence-electron chi connectivity index (χ2n) is 3.87. The summed E-state index contributed by atoms with van der Waals surface area (Å²) in [7, 11) is 0. The third-order valence-electron chi connectivity index (χ3n) is 2.27. The third-order valence-corrected chi connectivity index (χ3v) is 2.27. The van der Waals surface area contributed by atoms with E-state index in [-0.39, 0.29) is 17.5 Å². The number of hydrogen-bond donors (Lipinski definition) is 2. The van der Waals surface area contributed by atoms with E-state index in [1.807, 2.05) is 0 Å². The van der Waals surface area contributed by atoms with Crippen molar-refractivity contribution < 1.29 is 13.9 Å². The summed E-state index contributed by atoms with van der Waals surface area (Å²) in [5, 5.41) is 8.73. The van der Waals surface area contributed by atoms with E-state index in [1.54, 1.807) is 19.9 Å². The molecule has 1 heterocycles. The van der Waals surface area contributed by atoms with Crippen molar-refractivity contribution in [3.63, 3.8) is 0 Å². The maximum Gasteiger partial charge on any atom is 0.337 e. The smallest absolute Gasteiger partial charge is 0.337 e. The molecule has 100 valence electrons. The summed E-state index contributed by atoms with van der Waals surface area (Å²) in [6, 6.07) is 4.23. The summed E-state index contributed by atoms with van der Waals surface area (Å²) in [4.78, 5) is 15.8. The number of aromatic amines is 1. The van der Waals surface area contributed by atoms with Crippen molar-refractivity contribution in [2.24, 2.45) is 0 Å². The normalized spacial score (nSPS) is 10.3. The number of anilines is 1. The number of benzene rings is 1. The predicted molar refractivity (Wildman–Crippen MR) is 66.6 cm³/mol. The zero-order valence-electron chi connectivity index (χ0n) is 10.5. The molecule has 0 spiro atoms. The van der Waals surface area contributed by atoms with Crippen LogP contribution in [0.2, 0.25) is 0 Å². The van der Waals surface area contributed by atoms with Gasteiger partial charge in [-0.05, 0) is 37.6 Å². The maximum absolute atomic E-state index is 13.2. The number of carbonyl (C=O) groups is 1. The van der Waals surface area contributed by atoms with Gasteiger partial charge in [0.2, 0.25) is 5.95 Å². The van der Waals surface area contributed by atoms with Crippen LogP contribution in [0, 0.1) is 12.7 Å². The average Bonchev–Trinajstić information content (AvgIpc) is 2.76. The fourth-order valence-corrected chi connectivity index (χ4v) is 1.54. The molecular weight excluding hydrogens is 251 g/mol. The molecule has 0 saturated carbocycles. The first-order valence-electron chi connectivity index (χ1n) is 5.72. The van der Waals surface area contributed by atoms with Crippen LogP contribution in [0.3, 0.4) is 0 Å². The molecule has 1 amide bonds. The monoisotopic (exact) mass is 264 g/mol. The Morgan fingerprint density at radius 1 is 1.47 bits per heavy atom. The van der Waals surface area contributed by atoms with Gasteiger partial charge in [0.25, 0.3) is 5.91 Å². The van der Waals surface area contributed by atoms with E-state index in [0.717, 1.165) is 6.07 Å². The van der Waals surface area contributed by atoms with Crippen molar-refractivity contribution in [1.82, 2.24) is 15.2 Å². The number of ether oxygens (including phenoxy) is 1. The van der Waals surface area contributed by atoms with E-state index in [2.05, 4.69) is 20.5 Å². The maximum atomic E-state index is 13.2. The van der Waals surface area contributed by atoms with Gasteiger partial charge in [0, 0.05) is 5.56 Å². The lowest BCUT2D eigenvalue weighted by molar-refractivity contribution is 0.102. The van der Waals surface area contributed by atoms with Gasteiger partial charge in [-0.3, -0.25) is 10.1 Å². The molecule has 0 aliphatic heterocycles. The molecule has 1 aromatic heterocycles. The molecule has 0 fully saturated rings. The number of aromatic nitrogens is 3. The molecule has 2 rings (SSSR count). The Morgan fingerprint density at radius 2 is 2.26 bits per heavy atom. The van der Waals surface area contributed by atoms with Crippen molar-refractivity contribution in [1.29, 1.82) is 0 Å². The highest BCUT2D eigenvalue weighted by molar-refractivity contribution is 6.03. The molecule has 2 N–H and O–H groups in total. The van der Waals surface area contributed by atoms with E-state index in [0.29, 0.717) is 12.2 Å². The Kier molecular flexibility index (Phi) is 3.74. The third kappa shape index (κ3) is 3.27. The first-order valence-corrected chi connectivity index (χ1v) is 5.72. The van der Waals surface area contributed by atoms with Crippen molar-refractivity contribution in [3.05, 3.63) is 35.1 Å². The number of nitrogens with one attached hydrogen (secondary N) is 2. The van der Waals surface area contributed by atoms with E-state index < -0.39 is 11.7 Å². The standard InChI is InChI=1S/C12H13FN4O2/c1-3-19-12-15-11(16-17-12)14-10(18)8-4-7(2)5-9(13)6-8/h4-6H,3H2,1-2H3,(H2,14,15,16,17,18). The Labute approximate surface area is 109 Å². The summed E-state index contributed by atoms with van der Waals surface area (Å²) < 4.78 is 18.2. The van der Waals surface area contributed by atoms with Crippen LogP contribution in [0.5, 0.6) is 6.01 Å². The van der Waals surface area contributed by atoms with Crippen LogP contribution >= 0.6 is 0 Å². The lowest BCUT2D eigenvalue weighted by Crippen LogP contribution is -2.13. The van der Waals surface area contributed by atoms with Crippen molar-refractivity contribution in [2.75, 3.05) is 11.9 Å². The summed E-state index contributed by atoms with van der Waals surface area (Å²) in [5.74, 6) is -0.783.